The normalized spacial score (nSPS) is 11.9. The van der Waals surface area contributed by atoms with Crippen molar-refractivity contribution in [1.82, 2.24) is 0 Å². The summed E-state index contributed by atoms with van der Waals surface area (Å²) in [5.74, 6) is 0.858. The Labute approximate surface area is 132 Å². The number of benzene rings is 2. The predicted molar refractivity (Wildman–Crippen MR) is 86.1 cm³/mol. The van der Waals surface area contributed by atoms with Crippen molar-refractivity contribution >= 4 is 21.6 Å². The van der Waals surface area contributed by atoms with E-state index in [1.54, 1.807) is 12.1 Å². The first-order chi connectivity index (χ1) is 10.1. The van der Waals surface area contributed by atoms with E-state index in [0.717, 1.165) is 23.3 Å². The zero-order valence-electron chi connectivity index (χ0n) is 11.7. The van der Waals surface area contributed by atoms with Gasteiger partial charge in [-0.3, -0.25) is 10.1 Å². The maximum atomic E-state index is 10.6. The number of rotatable bonds is 6. The fraction of sp³-hybridized carbons (Fsp3) is 0.250. The molecule has 0 aliphatic rings. The van der Waals surface area contributed by atoms with Gasteiger partial charge in [0.05, 0.1) is 11.5 Å². The topological polar surface area (TPSA) is 52.4 Å². The van der Waals surface area contributed by atoms with Crippen LogP contribution in [0, 0.1) is 10.1 Å². The first-order valence-electron chi connectivity index (χ1n) is 6.70. The summed E-state index contributed by atoms with van der Waals surface area (Å²) in [4.78, 5) is 10.4. The molecule has 0 radical (unpaired) electrons. The van der Waals surface area contributed by atoms with E-state index in [9.17, 15) is 10.1 Å². The van der Waals surface area contributed by atoms with Gasteiger partial charge in [-0.1, -0.05) is 40.2 Å². The van der Waals surface area contributed by atoms with E-state index in [-0.39, 0.29) is 15.4 Å². The van der Waals surface area contributed by atoms with Gasteiger partial charge in [0.2, 0.25) is 0 Å². The Bertz CT molecular complexity index is 596. The predicted octanol–water partition coefficient (Wildman–Crippen LogP) is 4.67. The Balaban J connectivity index is 2.03. The molecule has 0 spiro atoms. The Kier molecular flexibility index (Phi) is 5.33. The summed E-state index contributed by atoms with van der Waals surface area (Å²) in [5.41, 5.74) is 2.32. The van der Waals surface area contributed by atoms with Crippen molar-refractivity contribution < 1.29 is 9.66 Å². The second kappa shape index (κ2) is 7.22. The van der Waals surface area contributed by atoms with Crippen molar-refractivity contribution in [3.63, 3.8) is 0 Å². The first kappa shape index (κ1) is 15.5. The van der Waals surface area contributed by atoms with Crippen LogP contribution in [0.5, 0.6) is 5.75 Å². The molecule has 2 aromatic carbocycles. The summed E-state index contributed by atoms with van der Waals surface area (Å²) in [6.07, 6.45) is 0.770. The van der Waals surface area contributed by atoms with Gasteiger partial charge in [-0.05, 0) is 36.6 Å². The quantitative estimate of drug-likeness (QED) is 0.432. The molecule has 0 aliphatic carbocycles. The van der Waals surface area contributed by atoms with Gasteiger partial charge in [0.15, 0.2) is 0 Å². The first-order valence-corrected chi connectivity index (χ1v) is 7.62. The summed E-state index contributed by atoms with van der Waals surface area (Å²) >= 11 is 3.66. The molecule has 0 bridgehead atoms. The second-order valence-corrected chi connectivity index (χ2v) is 5.70. The molecule has 0 fully saturated rings. The van der Waals surface area contributed by atoms with Crippen molar-refractivity contribution in [2.75, 3.05) is 6.61 Å². The third kappa shape index (κ3) is 4.29. The van der Waals surface area contributed by atoms with Crippen LogP contribution in [0.2, 0.25) is 0 Å². The highest BCUT2D eigenvalue weighted by Gasteiger charge is 2.10. The molecular formula is C16H16BrNO3. The van der Waals surface area contributed by atoms with Crippen molar-refractivity contribution in [3.05, 3.63) is 69.8 Å². The summed E-state index contributed by atoms with van der Waals surface area (Å²) in [6.45, 7) is 2.61. The zero-order valence-corrected chi connectivity index (χ0v) is 13.2. The van der Waals surface area contributed by atoms with Gasteiger partial charge in [-0.15, -0.1) is 0 Å². The summed E-state index contributed by atoms with van der Waals surface area (Å²) in [6, 6.07) is 14.6. The lowest BCUT2D eigenvalue weighted by Gasteiger charge is -2.11. The Morgan fingerprint density at radius 2 is 1.76 bits per heavy atom. The Hall–Kier alpha value is -1.88. The molecule has 110 valence electrons. The van der Waals surface area contributed by atoms with E-state index in [4.69, 9.17) is 4.74 Å². The van der Waals surface area contributed by atoms with Gasteiger partial charge in [0.25, 0.3) is 5.69 Å². The number of nitro groups is 1. The lowest BCUT2D eigenvalue weighted by molar-refractivity contribution is -0.384. The van der Waals surface area contributed by atoms with Crippen LogP contribution < -0.4 is 4.74 Å². The highest BCUT2D eigenvalue weighted by Crippen LogP contribution is 2.29. The van der Waals surface area contributed by atoms with Crippen molar-refractivity contribution in [1.29, 1.82) is 0 Å². The molecule has 0 saturated carbocycles. The molecule has 1 atom stereocenters. The third-order valence-corrected chi connectivity index (χ3v) is 3.97. The van der Waals surface area contributed by atoms with Crippen LogP contribution in [0.4, 0.5) is 5.69 Å². The number of hydrogen-bond donors (Lipinski definition) is 0. The molecule has 21 heavy (non-hydrogen) atoms. The van der Waals surface area contributed by atoms with Crippen LogP contribution in [0.1, 0.15) is 22.9 Å². The molecule has 0 heterocycles. The van der Waals surface area contributed by atoms with Gasteiger partial charge in [-0.25, -0.2) is 0 Å². The van der Waals surface area contributed by atoms with E-state index >= 15 is 0 Å². The Morgan fingerprint density at radius 3 is 2.29 bits per heavy atom. The lowest BCUT2D eigenvalue weighted by Crippen LogP contribution is -1.97. The Morgan fingerprint density at radius 1 is 1.14 bits per heavy atom. The highest BCUT2D eigenvalue weighted by atomic mass is 79.9. The highest BCUT2D eigenvalue weighted by molar-refractivity contribution is 9.09. The van der Waals surface area contributed by atoms with Crippen LogP contribution in [0.15, 0.2) is 48.5 Å². The standard InChI is InChI=1S/C16H16BrNO3/c1-2-21-15-9-5-13(6-10-15)16(17)11-12-3-7-14(8-4-12)18(19)20/h3-10,16H,2,11H2,1H3. The summed E-state index contributed by atoms with van der Waals surface area (Å²) in [5, 5.41) is 10.6. The average Bonchev–Trinajstić information content (AvgIpc) is 2.49. The number of alkyl halides is 1. The maximum Gasteiger partial charge on any atom is 0.269 e. The number of non-ortho nitro benzene ring substituents is 1. The van der Waals surface area contributed by atoms with E-state index in [2.05, 4.69) is 15.9 Å². The number of halogens is 1. The monoisotopic (exact) mass is 349 g/mol. The van der Waals surface area contributed by atoms with Crippen molar-refractivity contribution in [3.8, 4) is 5.75 Å². The molecule has 4 nitrogen and oxygen atoms in total. The van der Waals surface area contributed by atoms with Crippen LogP contribution in [-0.4, -0.2) is 11.5 Å². The van der Waals surface area contributed by atoms with E-state index in [0.29, 0.717) is 6.61 Å². The molecule has 2 aromatic rings. The van der Waals surface area contributed by atoms with Gasteiger partial charge in [0.1, 0.15) is 5.75 Å². The van der Waals surface area contributed by atoms with Gasteiger partial charge < -0.3 is 4.74 Å². The van der Waals surface area contributed by atoms with Crippen LogP contribution in [-0.2, 0) is 6.42 Å². The molecule has 0 N–H and O–H groups in total. The third-order valence-electron chi connectivity index (χ3n) is 3.11. The lowest BCUT2D eigenvalue weighted by atomic mass is 10.0. The minimum atomic E-state index is -0.387. The number of nitrogens with zero attached hydrogens (tertiary/aromatic N) is 1. The number of hydrogen-bond acceptors (Lipinski definition) is 3. The van der Waals surface area contributed by atoms with Crippen LogP contribution in [0.25, 0.3) is 0 Å². The largest absolute Gasteiger partial charge is 0.494 e. The summed E-state index contributed by atoms with van der Waals surface area (Å²) < 4.78 is 5.42. The smallest absolute Gasteiger partial charge is 0.269 e. The molecule has 0 aliphatic heterocycles. The molecule has 0 saturated heterocycles. The van der Waals surface area contributed by atoms with Crippen LogP contribution >= 0.6 is 15.9 Å². The molecule has 2 rings (SSSR count). The van der Waals surface area contributed by atoms with E-state index < -0.39 is 0 Å². The molecule has 1 unspecified atom stereocenters. The molecule has 0 aromatic heterocycles. The molecular weight excluding hydrogens is 334 g/mol. The second-order valence-electron chi connectivity index (χ2n) is 4.60. The fourth-order valence-corrected chi connectivity index (χ4v) is 2.70. The maximum absolute atomic E-state index is 10.6. The summed E-state index contributed by atoms with van der Waals surface area (Å²) in [7, 11) is 0. The average molecular weight is 350 g/mol. The van der Waals surface area contributed by atoms with Crippen molar-refractivity contribution in [2.24, 2.45) is 0 Å². The minimum absolute atomic E-state index is 0.117. The van der Waals surface area contributed by atoms with Crippen molar-refractivity contribution in [2.45, 2.75) is 18.2 Å². The minimum Gasteiger partial charge on any atom is -0.494 e. The zero-order chi connectivity index (χ0) is 15.2. The SMILES string of the molecule is CCOc1ccc(C(Br)Cc2ccc([N+](=O)[O-])cc2)cc1. The van der Waals surface area contributed by atoms with Crippen LogP contribution in [0.3, 0.4) is 0 Å². The molecule has 0 amide bonds. The van der Waals surface area contributed by atoms with Gasteiger partial charge in [0, 0.05) is 17.0 Å². The van der Waals surface area contributed by atoms with E-state index in [1.807, 2.05) is 31.2 Å². The number of nitro benzene ring substituents is 1. The van der Waals surface area contributed by atoms with Gasteiger partial charge >= 0.3 is 0 Å². The molecule has 5 heteroatoms. The van der Waals surface area contributed by atoms with E-state index in [1.165, 1.54) is 12.1 Å². The fourth-order valence-electron chi connectivity index (χ4n) is 2.02. The van der Waals surface area contributed by atoms with Gasteiger partial charge in [-0.2, -0.15) is 0 Å². The number of ether oxygens (including phenoxy) is 1.